The lowest BCUT2D eigenvalue weighted by atomic mass is 10.1. The zero-order valence-electron chi connectivity index (χ0n) is 13.1. The largest absolute Gasteiger partial charge is 0.462 e. The van der Waals surface area contributed by atoms with E-state index in [-0.39, 0.29) is 24.6 Å². The Morgan fingerprint density at radius 1 is 1.23 bits per heavy atom. The summed E-state index contributed by atoms with van der Waals surface area (Å²) in [5.41, 5.74) is 1.04. The number of nitrogens with one attached hydrogen (secondary N) is 2. The number of hydrogen-bond acceptors (Lipinski definition) is 4. The predicted molar refractivity (Wildman–Crippen MR) is 85.0 cm³/mol. The molecule has 1 rings (SSSR count). The molecule has 0 aliphatic carbocycles. The second kappa shape index (κ2) is 9.78. The van der Waals surface area contributed by atoms with E-state index in [1.807, 2.05) is 13.8 Å². The van der Waals surface area contributed by atoms with Crippen molar-refractivity contribution in [2.24, 2.45) is 0 Å². The zero-order chi connectivity index (χ0) is 16.4. The van der Waals surface area contributed by atoms with Crippen LogP contribution in [-0.2, 0) is 4.74 Å². The predicted octanol–water partition coefficient (Wildman–Crippen LogP) is 2.54. The molecule has 3 N–H and O–H groups in total. The van der Waals surface area contributed by atoms with Gasteiger partial charge in [0.2, 0.25) is 0 Å². The first-order chi connectivity index (χ1) is 10.6. The van der Waals surface area contributed by atoms with Gasteiger partial charge in [0.1, 0.15) is 0 Å². The van der Waals surface area contributed by atoms with Crippen LogP contribution < -0.4 is 10.6 Å². The van der Waals surface area contributed by atoms with Crippen molar-refractivity contribution in [1.82, 2.24) is 5.32 Å². The number of amides is 2. The van der Waals surface area contributed by atoms with E-state index in [1.54, 1.807) is 24.3 Å². The summed E-state index contributed by atoms with van der Waals surface area (Å²) in [5.74, 6) is -0.369. The number of anilines is 1. The van der Waals surface area contributed by atoms with Gasteiger partial charge in [0.15, 0.2) is 0 Å². The average Bonchev–Trinajstić information content (AvgIpc) is 2.52. The molecule has 0 aliphatic heterocycles. The van der Waals surface area contributed by atoms with Crippen molar-refractivity contribution in [3.8, 4) is 0 Å². The molecular weight excluding hydrogens is 284 g/mol. The van der Waals surface area contributed by atoms with Gasteiger partial charge in [0, 0.05) is 18.3 Å². The van der Waals surface area contributed by atoms with Crippen LogP contribution >= 0.6 is 0 Å². The molecule has 6 heteroatoms. The minimum absolute atomic E-state index is 0.0351. The molecule has 0 heterocycles. The Labute approximate surface area is 130 Å². The molecule has 122 valence electrons. The maximum Gasteiger partial charge on any atom is 0.338 e. The third kappa shape index (κ3) is 6.13. The highest BCUT2D eigenvalue weighted by molar-refractivity contribution is 5.92. The molecule has 6 nitrogen and oxygen atoms in total. The topological polar surface area (TPSA) is 87.7 Å². The minimum atomic E-state index is -0.369. The van der Waals surface area contributed by atoms with Gasteiger partial charge < -0.3 is 20.5 Å². The maximum absolute atomic E-state index is 11.8. The minimum Gasteiger partial charge on any atom is -0.462 e. The summed E-state index contributed by atoms with van der Waals surface area (Å²) in [6.45, 7) is 4.30. The van der Waals surface area contributed by atoms with Crippen molar-refractivity contribution in [2.45, 2.75) is 39.2 Å². The Morgan fingerprint density at radius 3 is 2.45 bits per heavy atom. The number of esters is 1. The number of carbonyl (C=O) groups is 2. The molecule has 1 aromatic carbocycles. The molecule has 1 unspecified atom stereocenters. The van der Waals surface area contributed by atoms with E-state index in [9.17, 15) is 9.59 Å². The van der Waals surface area contributed by atoms with Crippen molar-refractivity contribution in [3.63, 3.8) is 0 Å². The highest BCUT2D eigenvalue weighted by Crippen LogP contribution is 2.11. The fourth-order valence-corrected chi connectivity index (χ4v) is 1.85. The second-order valence-electron chi connectivity index (χ2n) is 4.93. The van der Waals surface area contributed by atoms with E-state index in [0.717, 1.165) is 12.8 Å². The van der Waals surface area contributed by atoms with E-state index in [2.05, 4.69) is 10.6 Å². The van der Waals surface area contributed by atoms with Crippen LogP contribution in [0, 0.1) is 0 Å². The lowest BCUT2D eigenvalue weighted by Crippen LogP contribution is -2.38. The van der Waals surface area contributed by atoms with Crippen LogP contribution in [0.3, 0.4) is 0 Å². The van der Waals surface area contributed by atoms with E-state index < -0.39 is 0 Å². The quantitative estimate of drug-likeness (QED) is 0.644. The van der Waals surface area contributed by atoms with Crippen molar-refractivity contribution in [3.05, 3.63) is 29.8 Å². The zero-order valence-corrected chi connectivity index (χ0v) is 13.1. The van der Waals surface area contributed by atoms with Crippen molar-refractivity contribution >= 4 is 17.7 Å². The molecule has 0 aromatic heterocycles. The fourth-order valence-electron chi connectivity index (χ4n) is 1.85. The van der Waals surface area contributed by atoms with Crippen molar-refractivity contribution < 1.29 is 19.4 Å². The number of ether oxygens (including phenoxy) is 1. The van der Waals surface area contributed by atoms with E-state index in [4.69, 9.17) is 9.84 Å². The van der Waals surface area contributed by atoms with Crippen molar-refractivity contribution in [1.29, 1.82) is 0 Å². The third-order valence-corrected chi connectivity index (χ3v) is 3.12. The van der Waals surface area contributed by atoms with Crippen LogP contribution in [0.5, 0.6) is 0 Å². The average molecular weight is 308 g/mol. The Kier molecular flexibility index (Phi) is 7.99. The summed E-state index contributed by atoms with van der Waals surface area (Å²) in [7, 11) is 0. The Morgan fingerprint density at radius 2 is 1.91 bits per heavy atom. The van der Waals surface area contributed by atoms with Crippen LogP contribution in [0.4, 0.5) is 10.5 Å². The van der Waals surface area contributed by atoms with Crippen LogP contribution in [-0.4, -0.2) is 36.4 Å². The number of rotatable bonds is 8. The van der Waals surface area contributed by atoms with Gasteiger partial charge in [0.25, 0.3) is 0 Å². The molecule has 22 heavy (non-hydrogen) atoms. The van der Waals surface area contributed by atoms with E-state index >= 15 is 0 Å². The first-order valence-electron chi connectivity index (χ1n) is 7.56. The molecule has 0 saturated heterocycles. The summed E-state index contributed by atoms with van der Waals surface area (Å²) in [4.78, 5) is 23.5. The van der Waals surface area contributed by atoms with Gasteiger partial charge in [-0.05, 0) is 43.5 Å². The molecule has 0 fully saturated rings. The van der Waals surface area contributed by atoms with Crippen LogP contribution in [0.1, 0.15) is 43.5 Å². The lowest BCUT2D eigenvalue weighted by molar-refractivity contribution is 0.0505. The molecule has 2 amide bonds. The van der Waals surface area contributed by atoms with Crippen molar-refractivity contribution in [2.75, 3.05) is 18.5 Å². The van der Waals surface area contributed by atoms with Crippen LogP contribution in [0.25, 0.3) is 0 Å². The molecule has 0 radical (unpaired) electrons. The Balaban J connectivity index is 2.53. The van der Waals surface area contributed by atoms with Gasteiger partial charge in [-0.2, -0.15) is 0 Å². The summed E-state index contributed by atoms with van der Waals surface area (Å²) in [6.07, 6.45) is 2.04. The number of aliphatic hydroxyl groups is 1. The lowest BCUT2D eigenvalue weighted by Gasteiger charge is -2.16. The molecule has 1 aromatic rings. The number of aliphatic hydroxyl groups excluding tert-OH is 1. The highest BCUT2D eigenvalue weighted by Gasteiger charge is 2.10. The first-order valence-corrected chi connectivity index (χ1v) is 7.56. The summed E-state index contributed by atoms with van der Waals surface area (Å²) in [6, 6.07) is 6.12. The monoisotopic (exact) mass is 308 g/mol. The van der Waals surface area contributed by atoms with Gasteiger partial charge in [-0.3, -0.25) is 0 Å². The number of carbonyl (C=O) groups excluding carboxylic acids is 2. The normalized spacial score (nSPS) is 11.6. The molecule has 0 bridgehead atoms. The van der Waals surface area contributed by atoms with Crippen LogP contribution in [0.2, 0.25) is 0 Å². The number of benzene rings is 1. The second-order valence-corrected chi connectivity index (χ2v) is 4.93. The summed E-state index contributed by atoms with van der Waals surface area (Å²) in [5, 5.41) is 14.4. The molecule has 0 aliphatic rings. The smallest absolute Gasteiger partial charge is 0.338 e. The maximum atomic E-state index is 11.8. The molecular formula is C16H24N2O4. The molecule has 0 saturated carbocycles. The number of hydrogen-bond donors (Lipinski definition) is 3. The number of urea groups is 1. The van der Waals surface area contributed by atoms with Gasteiger partial charge in [0.05, 0.1) is 12.2 Å². The Bertz CT molecular complexity index is 474. The van der Waals surface area contributed by atoms with Crippen LogP contribution in [0.15, 0.2) is 24.3 Å². The van der Waals surface area contributed by atoms with Gasteiger partial charge in [-0.25, -0.2) is 9.59 Å². The first kappa shape index (κ1) is 18.0. The highest BCUT2D eigenvalue weighted by atomic mass is 16.5. The standard InChI is InChI=1S/C16H24N2O4/c1-3-11-22-15(20)12-5-7-14(8-6-12)18-16(21)17-13(4-2)9-10-19/h5-8,13,19H,3-4,9-11H2,1-2H3,(H2,17,18,21). The third-order valence-electron chi connectivity index (χ3n) is 3.12. The van der Waals surface area contributed by atoms with Gasteiger partial charge in [-0.15, -0.1) is 0 Å². The van der Waals surface area contributed by atoms with Gasteiger partial charge >= 0.3 is 12.0 Å². The molecule has 1 atom stereocenters. The van der Waals surface area contributed by atoms with Gasteiger partial charge in [-0.1, -0.05) is 13.8 Å². The van der Waals surface area contributed by atoms with E-state index in [1.165, 1.54) is 0 Å². The summed E-state index contributed by atoms with van der Waals surface area (Å²) < 4.78 is 5.03. The Hall–Kier alpha value is -2.08. The molecule has 0 spiro atoms. The summed E-state index contributed by atoms with van der Waals surface area (Å²) >= 11 is 0. The van der Waals surface area contributed by atoms with E-state index in [0.29, 0.717) is 24.3 Å². The fraction of sp³-hybridized carbons (Fsp3) is 0.500. The SMILES string of the molecule is CCCOC(=O)c1ccc(NC(=O)NC(CC)CCO)cc1.